The molecule has 0 aromatic heterocycles. The van der Waals surface area contributed by atoms with Gasteiger partial charge < -0.3 is 18.6 Å². The van der Waals surface area contributed by atoms with E-state index in [1.54, 1.807) is 0 Å². The minimum Gasteiger partial charge on any atom is -0.469 e. The van der Waals surface area contributed by atoms with Gasteiger partial charge in [-0.2, -0.15) is 0 Å². The smallest absolute Gasteiger partial charge is 0.334 e. The molecule has 0 aliphatic heterocycles. The number of esters is 3. The molecule has 0 aromatic carbocycles. The average Bonchev–Trinajstić information content (AvgIpc) is 2.60. The second kappa shape index (κ2) is 11.2. The fourth-order valence-corrected chi connectivity index (χ4v) is 3.18. The highest BCUT2D eigenvalue weighted by molar-refractivity contribution is 6.74. The number of ether oxygens (including phenoxy) is 3. The van der Waals surface area contributed by atoms with Crippen LogP contribution in [0.5, 0.6) is 0 Å². The molecule has 0 aliphatic carbocycles. The van der Waals surface area contributed by atoms with Crippen LogP contribution in [0.2, 0.25) is 18.1 Å². The maximum absolute atomic E-state index is 12.1. The molecule has 0 aliphatic rings. The lowest BCUT2D eigenvalue weighted by atomic mass is 9.99. The number of carbonyl (C=O) groups excluding carboxylic acids is 3. The molecular formula is C19H34O7Si. The molecule has 0 unspecified atom stereocenters. The van der Waals surface area contributed by atoms with E-state index >= 15 is 0 Å². The summed E-state index contributed by atoms with van der Waals surface area (Å²) < 4.78 is 20.2. The normalized spacial score (nSPS) is 12.9. The Labute approximate surface area is 163 Å². The first-order valence-corrected chi connectivity index (χ1v) is 11.9. The fourth-order valence-electron chi connectivity index (χ4n) is 2.09. The lowest BCUT2D eigenvalue weighted by Gasteiger charge is -2.36. The van der Waals surface area contributed by atoms with Crippen LogP contribution in [-0.2, 0) is 33.0 Å². The third-order valence-electron chi connectivity index (χ3n) is 4.87. The topological polar surface area (TPSA) is 88.1 Å². The molecular weight excluding hydrogens is 368 g/mol. The third-order valence-corrected chi connectivity index (χ3v) is 9.41. The monoisotopic (exact) mass is 402 g/mol. The van der Waals surface area contributed by atoms with Crippen LogP contribution in [0.3, 0.4) is 0 Å². The van der Waals surface area contributed by atoms with Gasteiger partial charge >= 0.3 is 17.9 Å². The standard InChI is InChI=1S/C19H34O7Si/c1-19(2,3)27(7,8)26-12-10-9-11-14(17(21)24-5)15(18(22)25-6)13-16(20)23-4/h9-13H2,1-8H3. The van der Waals surface area contributed by atoms with Crippen molar-refractivity contribution in [2.75, 3.05) is 27.9 Å². The van der Waals surface area contributed by atoms with Crippen LogP contribution in [0, 0.1) is 0 Å². The van der Waals surface area contributed by atoms with Crippen molar-refractivity contribution in [3.05, 3.63) is 11.1 Å². The van der Waals surface area contributed by atoms with Gasteiger partial charge in [0.05, 0.1) is 33.3 Å². The maximum Gasteiger partial charge on any atom is 0.334 e. The molecule has 0 saturated heterocycles. The Morgan fingerprint density at radius 1 is 0.815 bits per heavy atom. The second-order valence-corrected chi connectivity index (χ2v) is 12.6. The number of rotatable bonds is 10. The Balaban J connectivity index is 5.12. The van der Waals surface area contributed by atoms with Crippen molar-refractivity contribution in [1.82, 2.24) is 0 Å². The molecule has 0 rings (SSSR count). The summed E-state index contributed by atoms with van der Waals surface area (Å²) in [6.07, 6.45) is 1.28. The van der Waals surface area contributed by atoms with Crippen LogP contribution < -0.4 is 0 Å². The zero-order valence-corrected chi connectivity index (χ0v) is 18.9. The van der Waals surface area contributed by atoms with Gasteiger partial charge in [0.15, 0.2) is 8.32 Å². The average molecular weight is 403 g/mol. The van der Waals surface area contributed by atoms with Crippen LogP contribution in [0.25, 0.3) is 0 Å². The van der Waals surface area contributed by atoms with Crippen molar-refractivity contribution in [2.45, 2.75) is 64.6 Å². The van der Waals surface area contributed by atoms with E-state index in [-0.39, 0.29) is 29.0 Å². The van der Waals surface area contributed by atoms with E-state index in [1.807, 2.05) is 0 Å². The van der Waals surface area contributed by atoms with E-state index in [0.717, 1.165) is 6.42 Å². The SMILES string of the molecule is COC(=O)CC(C(=O)OC)=C(CCCCO[Si](C)(C)C(C)(C)C)C(=O)OC. The minimum absolute atomic E-state index is 0.0264. The molecule has 7 nitrogen and oxygen atoms in total. The zero-order valence-electron chi connectivity index (χ0n) is 17.9. The van der Waals surface area contributed by atoms with Crippen molar-refractivity contribution in [1.29, 1.82) is 0 Å². The first-order chi connectivity index (χ1) is 12.4. The third kappa shape index (κ3) is 8.26. The summed E-state index contributed by atoms with van der Waals surface area (Å²) in [5, 5.41) is 0.128. The van der Waals surface area contributed by atoms with Crippen LogP contribution in [-0.4, -0.2) is 54.2 Å². The summed E-state index contributed by atoms with van der Waals surface area (Å²) in [4.78, 5) is 35.8. The summed E-state index contributed by atoms with van der Waals surface area (Å²) in [5.41, 5.74) is 0.114. The van der Waals surface area contributed by atoms with Crippen LogP contribution >= 0.6 is 0 Å². The molecule has 27 heavy (non-hydrogen) atoms. The predicted octanol–water partition coefficient (Wildman–Crippen LogP) is 3.38. The first-order valence-electron chi connectivity index (χ1n) is 9.00. The molecule has 0 spiro atoms. The molecule has 156 valence electrons. The summed E-state index contributed by atoms with van der Waals surface area (Å²) >= 11 is 0. The van der Waals surface area contributed by atoms with E-state index < -0.39 is 26.2 Å². The molecule has 0 atom stereocenters. The van der Waals surface area contributed by atoms with Gasteiger partial charge in [0.1, 0.15) is 0 Å². The van der Waals surface area contributed by atoms with E-state index in [9.17, 15) is 14.4 Å². The lowest BCUT2D eigenvalue weighted by Crippen LogP contribution is -2.40. The summed E-state index contributed by atoms with van der Waals surface area (Å²) in [5.74, 6) is -2.01. The first kappa shape index (κ1) is 25.3. The minimum atomic E-state index is -1.82. The van der Waals surface area contributed by atoms with Crippen molar-refractivity contribution in [2.24, 2.45) is 0 Å². The molecule has 0 amide bonds. The van der Waals surface area contributed by atoms with E-state index in [2.05, 4.69) is 38.6 Å². The maximum atomic E-state index is 12.1. The second-order valence-electron chi connectivity index (χ2n) is 7.76. The van der Waals surface area contributed by atoms with Crippen molar-refractivity contribution < 1.29 is 33.0 Å². The number of hydrogen-bond acceptors (Lipinski definition) is 7. The molecule has 0 bridgehead atoms. The number of hydrogen-bond donors (Lipinski definition) is 0. The van der Waals surface area contributed by atoms with Gasteiger partial charge in [-0.05, 0) is 37.4 Å². The highest BCUT2D eigenvalue weighted by Gasteiger charge is 2.36. The Hall–Kier alpha value is -1.67. The number of methoxy groups -OCH3 is 3. The Morgan fingerprint density at radius 2 is 1.33 bits per heavy atom. The van der Waals surface area contributed by atoms with E-state index in [1.165, 1.54) is 21.3 Å². The van der Waals surface area contributed by atoms with Gasteiger partial charge in [-0.25, -0.2) is 9.59 Å². The fraction of sp³-hybridized carbons (Fsp3) is 0.737. The van der Waals surface area contributed by atoms with E-state index in [4.69, 9.17) is 13.9 Å². The van der Waals surface area contributed by atoms with Crippen LogP contribution in [0.1, 0.15) is 46.5 Å². The Bertz CT molecular complexity index is 559. The van der Waals surface area contributed by atoms with Crippen molar-refractivity contribution in [3.63, 3.8) is 0 Å². The number of unbranched alkanes of at least 4 members (excludes halogenated alkanes) is 1. The zero-order chi connectivity index (χ0) is 21.3. The van der Waals surface area contributed by atoms with Crippen molar-refractivity contribution in [3.8, 4) is 0 Å². The molecule has 0 saturated carbocycles. The van der Waals surface area contributed by atoms with Gasteiger partial charge in [0.2, 0.25) is 0 Å². The molecule has 0 heterocycles. The van der Waals surface area contributed by atoms with Crippen LogP contribution in [0.15, 0.2) is 11.1 Å². The summed E-state index contributed by atoms with van der Waals surface area (Å²) in [6.45, 7) is 11.5. The van der Waals surface area contributed by atoms with Gasteiger partial charge in [0, 0.05) is 12.2 Å². The molecule has 0 aromatic rings. The quantitative estimate of drug-likeness (QED) is 0.182. The largest absolute Gasteiger partial charge is 0.469 e. The summed E-state index contributed by atoms with van der Waals surface area (Å²) in [6, 6.07) is 0. The highest BCUT2D eigenvalue weighted by Crippen LogP contribution is 2.36. The van der Waals surface area contributed by atoms with Gasteiger partial charge in [-0.15, -0.1) is 0 Å². The predicted molar refractivity (Wildman–Crippen MR) is 105 cm³/mol. The van der Waals surface area contributed by atoms with Gasteiger partial charge in [-0.1, -0.05) is 20.8 Å². The summed E-state index contributed by atoms with van der Waals surface area (Å²) in [7, 11) is 1.82. The van der Waals surface area contributed by atoms with Crippen molar-refractivity contribution >= 4 is 26.2 Å². The highest BCUT2D eigenvalue weighted by atomic mass is 28.4. The molecule has 0 fully saturated rings. The molecule has 8 heteroatoms. The Kier molecular flexibility index (Phi) is 10.5. The van der Waals surface area contributed by atoms with Gasteiger partial charge in [-0.3, -0.25) is 4.79 Å². The van der Waals surface area contributed by atoms with Gasteiger partial charge in [0.25, 0.3) is 0 Å². The van der Waals surface area contributed by atoms with E-state index in [0.29, 0.717) is 13.0 Å². The lowest BCUT2D eigenvalue weighted by molar-refractivity contribution is -0.143. The number of carbonyl (C=O) groups is 3. The Morgan fingerprint density at radius 3 is 1.78 bits per heavy atom. The molecule has 0 radical (unpaired) electrons. The van der Waals surface area contributed by atoms with Crippen LogP contribution in [0.4, 0.5) is 0 Å². The molecule has 0 N–H and O–H groups in total.